The molecule has 0 radical (unpaired) electrons. The van der Waals surface area contributed by atoms with Crippen molar-refractivity contribution in [2.45, 2.75) is 33.1 Å². The van der Waals surface area contributed by atoms with E-state index < -0.39 is 5.97 Å². The maximum absolute atomic E-state index is 10.7. The van der Waals surface area contributed by atoms with E-state index in [-0.39, 0.29) is 5.92 Å². The molecule has 1 rings (SSSR count). The molecule has 17 heavy (non-hydrogen) atoms. The number of hydrogen-bond acceptors (Lipinski definition) is 3. The number of nitrogens with zero attached hydrogens (tertiary/aromatic N) is 1. The molecule has 1 heterocycles. The normalized spacial score (nSPS) is 23.5. The first-order chi connectivity index (χ1) is 8.13. The largest absolute Gasteiger partial charge is 0.481 e. The molecule has 2 unspecified atom stereocenters. The second-order valence-electron chi connectivity index (χ2n) is 4.97. The molecule has 0 aromatic carbocycles. The topological polar surface area (TPSA) is 49.8 Å². The number of carboxylic acids is 1. The van der Waals surface area contributed by atoms with Gasteiger partial charge in [-0.15, -0.1) is 0 Å². The molecule has 0 aromatic heterocycles. The van der Waals surface area contributed by atoms with Gasteiger partial charge in [-0.1, -0.05) is 6.92 Å². The number of ether oxygens (including phenoxy) is 1. The van der Waals surface area contributed by atoms with E-state index in [1.807, 2.05) is 6.92 Å². The smallest absolute Gasteiger partial charge is 0.303 e. The first-order valence-electron chi connectivity index (χ1n) is 6.65. The summed E-state index contributed by atoms with van der Waals surface area (Å²) in [6.45, 7) is 8.76. The summed E-state index contributed by atoms with van der Waals surface area (Å²) in [6, 6.07) is 0. The van der Waals surface area contributed by atoms with Gasteiger partial charge in [-0.05, 0) is 38.1 Å². The highest BCUT2D eigenvalue weighted by Gasteiger charge is 2.25. The van der Waals surface area contributed by atoms with Gasteiger partial charge in [-0.2, -0.15) is 0 Å². The number of carboxylic acid groups (broad SMARTS) is 1. The molecule has 4 heteroatoms. The van der Waals surface area contributed by atoms with E-state index in [9.17, 15) is 4.79 Å². The predicted octanol–water partition coefficient (Wildman–Crippen LogP) is 1.85. The van der Waals surface area contributed by atoms with Crippen LogP contribution in [0, 0.1) is 11.8 Å². The number of carbonyl (C=O) groups is 1. The molecule has 0 saturated carbocycles. The van der Waals surface area contributed by atoms with Gasteiger partial charge in [0, 0.05) is 26.1 Å². The monoisotopic (exact) mass is 243 g/mol. The fourth-order valence-corrected chi connectivity index (χ4v) is 2.54. The van der Waals surface area contributed by atoms with Gasteiger partial charge in [0.15, 0.2) is 0 Å². The van der Waals surface area contributed by atoms with E-state index >= 15 is 0 Å². The van der Waals surface area contributed by atoms with Crippen molar-refractivity contribution in [3.8, 4) is 0 Å². The van der Waals surface area contributed by atoms with Gasteiger partial charge < -0.3 is 14.7 Å². The summed E-state index contributed by atoms with van der Waals surface area (Å²) in [7, 11) is 0. The summed E-state index contributed by atoms with van der Waals surface area (Å²) in [4.78, 5) is 13.1. The molecule has 1 saturated heterocycles. The van der Waals surface area contributed by atoms with Gasteiger partial charge in [-0.3, -0.25) is 4.79 Å². The molecule has 1 aliphatic heterocycles. The summed E-state index contributed by atoms with van der Waals surface area (Å²) in [5.74, 6) is 0.132. The second kappa shape index (κ2) is 7.67. The lowest BCUT2D eigenvalue weighted by molar-refractivity contribution is -0.138. The van der Waals surface area contributed by atoms with E-state index in [1.165, 1.54) is 12.8 Å². The summed E-state index contributed by atoms with van der Waals surface area (Å²) in [5.41, 5.74) is 0. The molecule has 0 spiro atoms. The van der Waals surface area contributed by atoms with Crippen LogP contribution in [-0.2, 0) is 9.53 Å². The maximum atomic E-state index is 10.7. The highest BCUT2D eigenvalue weighted by Crippen LogP contribution is 2.25. The quantitative estimate of drug-likeness (QED) is 0.693. The zero-order valence-electron chi connectivity index (χ0n) is 11.0. The molecular formula is C13H25NO3. The van der Waals surface area contributed by atoms with Crippen LogP contribution >= 0.6 is 0 Å². The lowest BCUT2D eigenvalue weighted by atomic mass is 9.85. The standard InChI is InChI=1S/C13H25NO3/c1-3-17-8-7-14-6-4-5-12(10-14)11(2)9-13(15)16/h11-12H,3-10H2,1-2H3,(H,15,16). The van der Waals surface area contributed by atoms with E-state index in [0.29, 0.717) is 12.3 Å². The van der Waals surface area contributed by atoms with Crippen LogP contribution < -0.4 is 0 Å². The molecule has 4 nitrogen and oxygen atoms in total. The predicted molar refractivity (Wildman–Crippen MR) is 67.1 cm³/mol. The Morgan fingerprint density at radius 2 is 2.35 bits per heavy atom. The Morgan fingerprint density at radius 1 is 1.59 bits per heavy atom. The fourth-order valence-electron chi connectivity index (χ4n) is 2.54. The minimum Gasteiger partial charge on any atom is -0.481 e. The Kier molecular flexibility index (Phi) is 6.52. The SMILES string of the molecule is CCOCCN1CCCC(C(C)CC(=O)O)C1. The van der Waals surface area contributed by atoms with Crippen LogP contribution in [0.2, 0.25) is 0 Å². The number of piperidine rings is 1. The minimum atomic E-state index is -0.677. The average molecular weight is 243 g/mol. The van der Waals surface area contributed by atoms with Crippen molar-refractivity contribution in [3.63, 3.8) is 0 Å². The van der Waals surface area contributed by atoms with Crippen LogP contribution in [0.1, 0.15) is 33.1 Å². The van der Waals surface area contributed by atoms with Crippen molar-refractivity contribution in [1.82, 2.24) is 4.90 Å². The second-order valence-corrected chi connectivity index (χ2v) is 4.97. The fraction of sp³-hybridized carbons (Fsp3) is 0.923. The maximum Gasteiger partial charge on any atom is 0.303 e. The molecule has 1 fully saturated rings. The van der Waals surface area contributed by atoms with Crippen molar-refractivity contribution >= 4 is 5.97 Å². The zero-order valence-corrected chi connectivity index (χ0v) is 11.0. The molecular weight excluding hydrogens is 218 g/mol. The van der Waals surface area contributed by atoms with Crippen molar-refractivity contribution in [3.05, 3.63) is 0 Å². The molecule has 0 bridgehead atoms. The molecule has 0 aromatic rings. The number of rotatable bonds is 7. The van der Waals surface area contributed by atoms with Gasteiger partial charge in [0.1, 0.15) is 0 Å². The third-order valence-electron chi connectivity index (χ3n) is 3.60. The Balaban J connectivity index is 2.29. The van der Waals surface area contributed by atoms with Crippen LogP contribution in [-0.4, -0.2) is 48.8 Å². The zero-order chi connectivity index (χ0) is 12.7. The van der Waals surface area contributed by atoms with Gasteiger partial charge in [-0.25, -0.2) is 0 Å². The molecule has 2 atom stereocenters. The van der Waals surface area contributed by atoms with E-state index in [2.05, 4.69) is 11.8 Å². The summed E-state index contributed by atoms with van der Waals surface area (Å²) in [6.07, 6.45) is 2.64. The third kappa shape index (κ3) is 5.50. The van der Waals surface area contributed by atoms with Crippen LogP contribution in [0.3, 0.4) is 0 Å². The first kappa shape index (κ1) is 14.5. The highest BCUT2D eigenvalue weighted by atomic mass is 16.5. The van der Waals surface area contributed by atoms with Gasteiger partial charge in [0.25, 0.3) is 0 Å². The van der Waals surface area contributed by atoms with Crippen LogP contribution in [0.4, 0.5) is 0 Å². The Labute approximate surface area is 104 Å². The summed E-state index contributed by atoms with van der Waals surface area (Å²) in [5, 5.41) is 8.82. The number of likely N-dealkylation sites (tertiary alicyclic amines) is 1. The van der Waals surface area contributed by atoms with Crippen LogP contribution in [0.5, 0.6) is 0 Å². The Morgan fingerprint density at radius 3 is 3.00 bits per heavy atom. The highest BCUT2D eigenvalue weighted by molar-refractivity contribution is 5.66. The van der Waals surface area contributed by atoms with E-state index in [4.69, 9.17) is 9.84 Å². The molecule has 1 N–H and O–H groups in total. The van der Waals surface area contributed by atoms with Crippen LogP contribution in [0.25, 0.3) is 0 Å². The molecule has 100 valence electrons. The average Bonchev–Trinajstić information content (AvgIpc) is 2.29. The lowest BCUT2D eigenvalue weighted by Gasteiger charge is -2.35. The molecule has 0 aliphatic carbocycles. The Hall–Kier alpha value is -0.610. The van der Waals surface area contributed by atoms with Gasteiger partial charge in [0.05, 0.1) is 6.61 Å². The van der Waals surface area contributed by atoms with Crippen molar-refractivity contribution in [2.75, 3.05) is 32.8 Å². The summed E-state index contributed by atoms with van der Waals surface area (Å²) >= 11 is 0. The van der Waals surface area contributed by atoms with Crippen molar-refractivity contribution in [2.24, 2.45) is 11.8 Å². The first-order valence-corrected chi connectivity index (χ1v) is 6.65. The minimum absolute atomic E-state index is 0.280. The summed E-state index contributed by atoms with van der Waals surface area (Å²) < 4.78 is 5.36. The number of aliphatic carboxylic acids is 1. The van der Waals surface area contributed by atoms with E-state index in [1.54, 1.807) is 0 Å². The third-order valence-corrected chi connectivity index (χ3v) is 3.60. The van der Waals surface area contributed by atoms with Crippen LogP contribution in [0.15, 0.2) is 0 Å². The molecule has 1 aliphatic rings. The lowest BCUT2D eigenvalue weighted by Crippen LogP contribution is -2.40. The Bertz CT molecular complexity index is 233. The van der Waals surface area contributed by atoms with Crippen molar-refractivity contribution in [1.29, 1.82) is 0 Å². The van der Waals surface area contributed by atoms with Gasteiger partial charge in [0.2, 0.25) is 0 Å². The number of hydrogen-bond donors (Lipinski definition) is 1. The van der Waals surface area contributed by atoms with Crippen molar-refractivity contribution < 1.29 is 14.6 Å². The molecule has 0 amide bonds. The van der Waals surface area contributed by atoms with E-state index in [0.717, 1.165) is 32.8 Å². The van der Waals surface area contributed by atoms with Gasteiger partial charge >= 0.3 is 5.97 Å².